The van der Waals surface area contributed by atoms with Crippen molar-refractivity contribution in [3.8, 4) is 107 Å². The molecule has 0 unspecified atom stereocenters. The third-order valence-corrected chi connectivity index (χ3v) is 28.2. The molecule has 2 aliphatic rings. The number of hydrogen-bond acceptors (Lipinski definition) is 3. The van der Waals surface area contributed by atoms with Crippen LogP contribution in [-0.2, 0) is 0 Å². The smallest absolute Gasteiger partial charge is 0.226 e. The number of benzene rings is 15. The fourth-order valence-corrected chi connectivity index (χ4v) is 24.2. The predicted octanol–water partition coefficient (Wildman–Crippen LogP) is 22.4. The minimum absolute atomic E-state index is 0.492. The van der Waals surface area contributed by atoms with E-state index < -0.39 is 8.07 Å². The number of aromatic nitrogens is 6. The molecule has 0 fully saturated rings. The van der Waals surface area contributed by atoms with Crippen LogP contribution in [0.1, 0.15) is 5.56 Å². The molecule has 504 valence electrons. The molecule has 6 aromatic heterocycles. The Kier molecular flexibility index (Phi) is 13.1. The number of para-hydroxylation sites is 4. The minimum Gasteiger partial charge on any atom is -0.306 e. The van der Waals surface area contributed by atoms with Crippen molar-refractivity contribution in [2.24, 2.45) is 0 Å². The fourth-order valence-electron chi connectivity index (χ4n) is 18.9. The zero-order valence-corrected chi connectivity index (χ0v) is 59.8. The maximum Gasteiger partial charge on any atom is 0.226 e. The zero-order valence-electron chi connectivity index (χ0n) is 58.8. The Hall–Kier alpha value is -14.5. The topological polar surface area (TPSA) is 69.3 Å². The van der Waals surface area contributed by atoms with Gasteiger partial charge in [0, 0.05) is 82.8 Å². The lowest BCUT2D eigenvalue weighted by Gasteiger charge is -2.30. The Bertz CT molecular complexity index is 7100. The molecular formula is C101H61N7Si. The van der Waals surface area contributed by atoms with E-state index in [1.165, 1.54) is 15.9 Å². The van der Waals surface area contributed by atoms with Crippen molar-refractivity contribution in [1.82, 2.24) is 28.2 Å². The van der Waals surface area contributed by atoms with E-state index >= 15 is 0 Å². The molecule has 0 atom stereocenters. The molecule has 0 aliphatic carbocycles. The second-order valence-electron chi connectivity index (χ2n) is 28.9. The van der Waals surface area contributed by atoms with Gasteiger partial charge in [-0.25, -0.2) is 0 Å². The van der Waals surface area contributed by atoms with Crippen LogP contribution >= 0.6 is 0 Å². The molecule has 0 N–H and O–H groups in total. The van der Waals surface area contributed by atoms with E-state index in [1.54, 1.807) is 0 Å². The Balaban J connectivity index is 0.981. The number of nitrogens with zero attached hydrogens (tertiary/aromatic N) is 7. The molecule has 0 radical (unpaired) electrons. The molecule has 23 rings (SSSR count). The number of rotatable bonds is 9. The predicted molar refractivity (Wildman–Crippen MR) is 453 cm³/mol. The fraction of sp³-hybridized carbons (Fsp3) is 0. The summed E-state index contributed by atoms with van der Waals surface area (Å²) in [4.78, 5) is 10.9. The molecule has 0 bridgehead atoms. The van der Waals surface area contributed by atoms with Crippen LogP contribution in [0.4, 0.5) is 0 Å². The van der Waals surface area contributed by atoms with Gasteiger partial charge in [-0.15, -0.1) is 0 Å². The van der Waals surface area contributed by atoms with Crippen molar-refractivity contribution in [3.05, 3.63) is 376 Å². The second kappa shape index (κ2) is 23.5. The summed E-state index contributed by atoms with van der Waals surface area (Å²) in [6, 6.07) is 135. The van der Waals surface area contributed by atoms with Gasteiger partial charge in [-0.3, -0.25) is 9.97 Å². The normalized spacial score (nSPS) is 12.7. The SMILES string of the molecule is N#Cc1c(-n2c3ccccc3c3cc(-c4ccccc4)ccc32)c(-n2c3ccccc3c3cc(-c4ccccc4)ccc32)c(-c2ccc3c(c2)-c2ccccc2[Si]32c3ncccc3-c3cccnc32)c(-n2c3ccccc3c3cc(-c4ccccc4)ccc32)c1-n1c2ccccc2c2cc(-c3ccccc3)ccc21. The monoisotopic (exact) mass is 1400 g/mol. The van der Waals surface area contributed by atoms with Crippen LogP contribution in [0.2, 0.25) is 0 Å². The Morgan fingerprint density at radius 3 is 0.908 bits per heavy atom. The maximum atomic E-state index is 13.8. The van der Waals surface area contributed by atoms with Crippen LogP contribution in [0.3, 0.4) is 0 Å². The first kappa shape index (κ1) is 60.9. The number of nitriles is 1. The average Bonchev–Trinajstić information content (AvgIpc) is 1.53. The zero-order chi connectivity index (χ0) is 71.6. The van der Waals surface area contributed by atoms with Gasteiger partial charge in [0.15, 0.2) is 0 Å². The maximum absolute atomic E-state index is 13.8. The van der Waals surface area contributed by atoms with E-state index in [1.807, 2.05) is 12.4 Å². The van der Waals surface area contributed by atoms with Gasteiger partial charge >= 0.3 is 0 Å². The first-order valence-corrected chi connectivity index (χ1v) is 39.3. The lowest BCUT2D eigenvalue weighted by Crippen LogP contribution is -2.72. The molecular weight excluding hydrogens is 1340 g/mol. The van der Waals surface area contributed by atoms with Crippen molar-refractivity contribution in [1.29, 1.82) is 5.26 Å². The minimum atomic E-state index is -3.21. The summed E-state index contributed by atoms with van der Waals surface area (Å²) in [5.74, 6) is 0. The van der Waals surface area contributed by atoms with Crippen LogP contribution < -0.4 is 21.0 Å². The van der Waals surface area contributed by atoms with Crippen molar-refractivity contribution >= 4 is 116 Å². The molecule has 109 heavy (non-hydrogen) atoms. The van der Waals surface area contributed by atoms with Crippen LogP contribution in [0.5, 0.6) is 0 Å². The molecule has 0 saturated carbocycles. The first-order valence-electron chi connectivity index (χ1n) is 37.3. The first-order chi connectivity index (χ1) is 54.1. The van der Waals surface area contributed by atoms with E-state index in [4.69, 9.17) is 9.97 Å². The van der Waals surface area contributed by atoms with Gasteiger partial charge in [0.1, 0.15) is 11.6 Å². The molecule has 0 amide bonds. The largest absolute Gasteiger partial charge is 0.306 e. The van der Waals surface area contributed by atoms with Gasteiger partial charge in [0.25, 0.3) is 0 Å². The van der Waals surface area contributed by atoms with Crippen LogP contribution in [0.15, 0.2) is 370 Å². The van der Waals surface area contributed by atoms with Gasteiger partial charge < -0.3 is 18.3 Å². The number of fused-ring (bicyclic) bond motifs is 22. The highest BCUT2D eigenvalue weighted by atomic mass is 28.3. The molecule has 8 heterocycles. The number of hydrogen-bond donors (Lipinski definition) is 0. The molecule has 15 aromatic carbocycles. The lowest BCUT2D eigenvalue weighted by atomic mass is 9.91. The highest BCUT2D eigenvalue weighted by Gasteiger charge is 2.57. The Morgan fingerprint density at radius 1 is 0.229 bits per heavy atom. The van der Waals surface area contributed by atoms with Crippen molar-refractivity contribution in [3.63, 3.8) is 0 Å². The van der Waals surface area contributed by atoms with Crippen LogP contribution in [0.25, 0.3) is 188 Å². The van der Waals surface area contributed by atoms with E-state index in [0.29, 0.717) is 5.56 Å². The summed E-state index contributed by atoms with van der Waals surface area (Å²) in [7, 11) is -3.21. The van der Waals surface area contributed by atoms with Gasteiger partial charge in [-0.05, 0) is 163 Å². The number of pyridine rings is 2. The summed E-state index contributed by atoms with van der Waals surface area (Å²) in [5.41, 5.74) is 26.9. The highest BCUT2D eigenvalue weighted by molar-refractivity contribution is 7.23. The second-order valence-corrected chi connectivity index (χ2v) is 32.4. The van der Waals surface area contributed by atoms with E-state index in [0.717, 1.165) is 193 Å². The Labute approximate surface area is 628 Å². The lowest BCUT2D eigenvalue weighted by molar-refractivity contribution is 1.04. The summed E-state index contributed by atoms with van der Waals surface area (Å²) in [6.07, 6.45) is 3.95. The van der Waals surface area contributed by atoms with Crippen molar-refractivity contribution < 1.29 is 0 Å². The summed E-state index contributed by atoms with van der Waals surface area (Å²) in [6.45, 7) is 0. The van der Waals surface area contributed by atoms with E-state index in [2.05, 4.69) is 382 Å². The summed E-state index contributed by atoms with van der Waals surface area (Å²) < 4.78 is 9.98. The summed E-state index contributed by atoms with van der Waals surface area (Å²) in [5, 5.41) is 27.1. The molecule has 0 saturated heterocycles. The van der Waals surface area contributed by atoms with Crippen LogP contribution in [0, 0.1) is 11.3 Å². The van der Waals surface area contributed by atoms with Gasteiger partial charge in [-0.2, -0.15) is 5.26 Å². The van der Waals surface area contributed by atoms with Gasteiger partial charge in [0.2, 0.25) is 8.07 Å². The average molecular weight is 1400 g/mol. The third kappa shape index (κ3) is 8.61. The van der Waals surface area contributed by atoms with Crippen molar-refractivity contribution in [2.75, 3.05) is 0 Å². The summed E-state index contributed by atoms with van der Waals surface area (Å²) >= 11 is 0. The highest BCUT2D eigenvalue weighted by Crippen LogP contribution is 2.54. The van der Waals surface area contributed by atoms with E-state index in [-0.39, 0.29) is 0 Å². The molecule has 1 spiro atoms. The molecule has 2 aliphatic heterocycles. The standard InChI is InChI=1S/C101H61N7Si/c102-62-84-96(105-85-40-18-13-33-72(85)79-57-67(45-50-89(79)105)63-25-5-1-6-26-63)98(107-87-42-20-15-35-74(87)81-59-69(47-52-91(81)107)65-29-9-3-10-30-65)95(71-49-54-94-83(61-71)76-37-17-22-44-93(76)109(94)100-77(38-23-55-103-100)78-39-24-56-104-101(78)109)99(108-88-43-21-16-36-75(88)82-60-70(48-53-92(82)108)66-31-11-4-12-32-66)97(84)106-86-41-19-14-34-73(86)80-58-68(46-51-90(80)106)64-27-7-2-8-28-64/h1-61H. The van der Waals surface area contributed by atoms with Crippen LogP contribution in [-0.4, -0.2) is 36.3 Å². The quantitative estimate of drug-likeness (QED) is 0.135. The molecule has 7 nitrogen and oxygen atoms in total. The molecule has 8 heteroatoms. The van der Waals surface area contributed by atoms with E-state index in [9.17, 15) is 5.26 Å². The van der Waals surface area contributed by atoms with Gasteiger partial charge in [0.05, 0.1) is 66.9 Å². The van der Waals surface area contributed by atoms with Gasteiger partial charge in [-0.1, -0.05) is 267 Å². The van der Waals surface area contributed by atoms with Crippen molar-refractivity contribution in [2.45, 2.75) is 0 Å². The molecule has 21 aromatic rings. The third-order valence-electron chi connectivity index (χ3n) is 23.5. The Morgan fingerprint density at radius 2 is 0.532 bits per heavy atom.